The summed E-state index contributed by atoms with van der Waals surface area (Å²) < 4.78 is 11.2. The molecule has 6 heteroatoms. The number of ether oxygens (including phenoxy) is 2. The van der Waals surface area contributed by atoms with E-state index in [1.807, 2.05) is 18.2 Å². The van der Waals surface area contributed by atoms with Gasteiger partial charge in [0.2, 0.25) is 5.91 Å². The number of amides is 1. The molecule has 0 aromatic heterocycles. The molecule has 0 aliphatic carbocycles. The SMILES string of the molecule is Cl.O=C(NCc1ccc2c(c1)OCCCO2)C1CCNC1. The highest BCUT2D eigenvalue weighted by Crippen LogP contribution is 2.30. The summed E-state index contributed by atoms with van der Waals surface area (Å²) in [4.78, 5) is 12.0. The molecule has 0 bridgehead atoms. The molecular formula is C15H21ClN2O3. The largest absolute Gasteiger partial charge is 0.490 e. The highest BCUT2D eigenvalue weighted by molar-refractivity contribution is 5.85. The zero-order valence-corrected chi connectivity index (χ0v) is 12.7. The van der Waals surface area contributed by atoms with Gasteiger partial charge in [0.25, 0.3) is 0 Å². The van der Waals surface area contributed by atoms with Gasteiger partial charge in [0.1, 0.15) is 0 Å². The third-order valence-corrected chi connectivity index (χ3v) is 3.71. The van der Waals surface area contributed by atoms with Crippen molar-refractivity contribution in [2.75, 3.05) is 26.3 Å². The van der Waals surface area contributed by atoms with E-state index in [0.717, 1.165) is 43.0 Å². The maximum absolute atomic E-state index is 12.0. The number of hydrogen-bond donors (Lipinski definition) is 2. The molecule has 21 heavy (non-hydrogen) atoms. The molecule has 1 aromatic rings. The van der Waals surface area contributed by atoms with Crippen molar-refractivity contribution in [1.82, 2.24) is 10.6 Å². The van der Waals surface area contributed by atoms with Crippen molar-refractivity contribution >= 4 is 18.3 Å². The molecule has 1 saturated heterocycles. The topological polar surface area (TPSA) is 59.6 Å². The molecule has 2 N–H and O–H groups in total. The van der Waals surface area contributed by atoms with Crippen LogP contribution in [-0.2, 0) is 11.3 Å². The smallest absolute Gasteiger partial charge is 0.224 e. The van der Waals surface area contributed by atoms with Gasteiger partial charge in [-0.3, -0.25) is 4.79 Å². The third-order valence-electron chi connectivity index (χ3n) is 3.71. The van der Waals surface area contributed by atoms with Crippen molar-refractivity contribution in [3.63, 3.8) is 0 Å². The first-order valence-electron chi connectivity index (χ1n) is 7.20. The quantitative estimate of drug-likeness (QED) is 0.888. The minimum Gasteiger partial charge on any atom is -0.490 e. The minimum atomic E-state index is 0. The Balaban J connectivity index is 0.00000161. The Morgan fingerprint density at radius 1 is 1.29 bits per heavy atom. The predicted molar refractivity (Wildman–Crippen MR) is 82.1 cm³/mol. The van der Waals surface area contributed by atoms with Crippen molar-refractivity contribution < 1.29 is 14.3 Å². The molecule has 0 spiro atoms. The zero-order chi connectivity index (χ0) is 13.8. The molecule has 1 amide bonds. The number of benzene rings is 1. The van der Waals surface area contributed by atoms with Crippen molar-refractivity contribution in [3.05, 3.63) is 23.8 Å². The fourth-order valence-electron chi connectivity index (χ4n) is 2.53. The number of carbonyl (C=O) groups is 1. The normalized spacial score (nSPS) is 20.3. The third kappa shape index (κ3) is 4.02. The van der Waals surface area contributed by atoms with Crippen LogP contribution in [0.1, 0.15) is 18.4 Å². The van der Waals surface area contributed by atoms with Crippen LogP contribution in [-0.4, -0.2) is 32.2 Å². The molecule has 1 atom stereocenters. The summed E-state index contributed by atoms with van der Waals surface area (Å²) >= 11 is 0. The van der Waals surface area contributed by atoms with E-state index in [-0.39, 0.29) is 24.2 Å². The number of rotatable bonds is 3. The van der Waals surface area contributed by atoms with E-state index >= 15 is 0 Å². The monoisotopic (exact) mass is 312 g/mol. The van der Waals surface area contributed by atoms with E-state index in [9.17, 15) is 4.79 Å². The summed E-state index contributed by atoms with van der Waals surface area (Å²) in [6, 6.07) is 5.84. The van der Waals surface area contributed by atoms with Crippen LogP contribution in [0, 0.1) is 5.92 Å². The molecule has 0 radical (unpaired) electrons. The fraction of sp³-hybridized carbons (Fsp3) is 0.533. The van der Waals surface area contributed by atoms with Crippen LogP contribution in [0.4, 0.5) is 0 Å². The van der Waals surface area contributed by atoms with Crippen LogP contribution in [0.25, 0.3) is 0 Å². The zero-order valence-electron chi connectivity index (χ0n) is 11.9. The maximum atomic E-state index is 12.0. The summed E-state index contributed by atoms with van der Waals surface area (Å²) in [6.07, 6.45) is 1.82. The minimum absolute atomic E-state index is 0. The lowest BCUT2D eigenvalue weighted by Gasteiger charge is -2.12. The van der Waals surface area contributed by atoms with Gasteiger partial charge in [-0.05, 0) is 30.7 Å². The van der Waals surface area contributed by atoms with Gasteiger partial charge < -0.3 is 20.1 Å². The standard InChI is InChI=1S/C15H20N2O3.ClH/c18-15(12-4-5-16-10-12)17-9-11-2-3-13-14(8-11)20-7-1-6-19-13;/h2-3,8,12,16H,1,4-7,9-10H2,(H,17,18);1H. The van der Waals surface area contributed by atoms with E-state index in [1.54, 1.807) is 0 Å². The van der Waals surface area contributed by atoms with Gasteiger partial charge in [-0.25, -0.2) is 0 Å². The second kappa shape index (κ2) is 7.52. The average molecular weight is 313 g/mol. The summed E-state index contributed by atoms with van der Waals surface area (Å²) in [7, 11) is 0. The fourth-order valence-corrected chi connectivity index (χ4v) is 2.53. The molecule has 1 aromatic carbocycles. The highest BCUT2D eigenvalue weighted by atomic mass is 35.5. The Morgan fingerprint density at radius 3 is 2.86 bits per heavy atom. The lowest BCUT2D eigenvalue weighted by atomic mass is 10.1. The van der Waals surface area contributed by atoms with Crippen LogP contribution in [0.3, 0.4) is 0 Å². The highest BCUT2D eigenvalue weighted by Gasteiger charge is 2.22. The number of halogens is 1. The molecule has 2 aliphatic heterocycles. The lowest BCUT2D eigenvalue weighted by molar-refractivity contribution is -0.124. The molecule has 3 rings (SSSR count). The van der Waals surface area contributed by atoms with E-state index in [4.69, 9.17) is 9.47 Å². The maximum Gasteiger partial charge on any atom is 0.224 e. The van der Waals surface area contributed by atoms with Gasteiger partial charge in [-0.2, -0.15) is 0 Å². The molecule has 5 nitrogen and oxygen atoms in total. The Labute approximate surface area is 130 Å². The van der Waals surface area contributed by atoms with E-state index < -0.39 is 0 Å². The Morgan fingerprint density at radius 2 is 2.10 bits per heavy atom. The van der Waals surface area contributed by atoms with Crippen molar-refractivity contribution in [2.24, 2.45) is 5.92 Å². The van der Waals surface area contributed by atoms with Gasteiger partial charge in [-0.1, -0.05) is 6.07 Å². The molecule has 2 aliphatic rings. The van der Waals surface area contributed by atoms with Crippen molar-refractivity contribution in [3.8, 4) is 11.5 Å². The Bertz CT molecular complexity index is 490. The summed E-state index contributed by atoms with van der Waals surface area (Å²) in [6.45, 7) is 3.62. The second-order valence-corrected chi connectivity index (χ2v) is 5.24. The van der Waals surface area contributed by atoms with Crippen LogP contribution in [0.5, 0.6) is 11.5 Å². The molecule has 2 heterocycles. The summed E-state index contributed by atoms with van der Waals surface area (Å²) in [5, 5.41) is 6.19. The first-order chi connectivity index (χ1) is 9.83. The Hall–Kier alpha value is -1.46. The summed E-state index contributed by atoms with van der Waals surface area (Å²) in [5.41, 5.74) is 1.04. The molecule has 1 fully saturated rings. The summed E-state index contributed by atoms with van der Waals surface area (Å²) in [5.74, 6) is 1.80. The molecular weight excluding hydrogens is 292 g/mol. The van der Waals surface area contributed by atoms with Crippen LogP contribution < -0.4 is 20.1 Å². The molecule has 0 saturated carbocycles. The van der Waals surface area contributed by atoms with Crippen molar-refractivity contribution in [1.29, 1.82) is 0 Å². The van der Waals surface area contributed by atoms with Crippen molar-refractivity contribution in [2.45, 2.75) is 19.4 Å². The first-order valence-corrected chi connectivity index (χ1v) is 7.20. The lowest BCUT2D eigenvalue weighted by Crippen LogP contribution is -2.31. The number of nitrogens with one attached hydrogen (secondary N) is 2. The average Bonchev–Trinajstić information content (AvgIpc) is 2.90. The second-order valence-electron chi connectivity index (χ2n) is 5.24. The van der Waals surface area contributed by atoms with E-state index in [2.05, 4.69) is 10.6 Å². The van der Waals surface area contributed by atoms with Crippen LogP contribution in [0.2, 0.25) is 0 Å². The molecule has 1 unspecified atom stereocenters. The predicted octanol–water partition coefficient (Wildman–Crippen LogP) is 1.50. The molecule has 116 valence electrons. The number of carbonyl (C=O) groups excluding carboxylic acids is 1. The number of hydrogen-bond acceptors (Lipinski definition) is 4. The van der Waals surface area contributed by atoms with E-state index in [0.29, 0.717) is 19.8 Å². The van der Waals surface area contributed by atoms with Gasteiger partial charge in [0.15, 0.2) is 11.5 Å². The first kappa shape index (κ1) is 15.9. The Kier molecular flexibility index (Phi) is 5.70. The van der Waals surface area contributed by atoms with Gasteiger partial charge in [0.05, 0.1) is 19.1 Å². The van der Waals surface area contributed by atoms with E-state index in [1.165, 1.54) is 0 Å². The van der Waals surface area contributed by atoms with Crippen LogP contribution >= 0.6 is 12.4 Å². The van der Waals surface area contributed by atoms with Gasteiger partial charge >= 0.3 is 0 Å². The van der Waals surface area contributed by atoms with Gasteiger partial charge in [-0.15, -0.1) is 12.4 Å². The van der Waals surface area contributed by atoms with Gasteiger partial charge in [0, 0.05) is 19.5 Å². The number of fused-ring (bicyclic) bond motifs is 1. The van der Waals surface area contributed by atoms with Crippen LogP contribution in [0.15, 0.2) is 18.2 Å².